The number of ether oxygens (including phenoxy) is 4. The quantitative estimate of drug-likeness (QED) is 0.0624. The van der Waals surface area contributed by atoms with E-state index in [2.05, 4.69) is 45.2 Å². The maximum Gasteiger partial charge on any atom is 0.329 e. The number of aromatic nitrogens is 6. The minimum Gasteiger partial charge on any atom is -0.491 e. The summed E-state index contributed by atoms with van der Waals surface area (Å²) in [6, 6.07) is 28.8. The molecular formula is C53H55ClFN7O5. The van der Waals surface area contributed by atoms with Gasteiger partial charge in [0.15, 0.2) is 0 Å². The average molecular weight is 925 g/mol. The number of H-pyrrole nitrogens is 1. The lowest BCUT2D eigenvalue weighted by Gasteiger charge is -2.23. The maximum absolute atomic E-state index is 14.4. The van der Waals surface area contributed by atoms with Crippen molar-refractivity contribution in [3.8, 4) is 22.8 Å². The number of rotatable bonds is 19. The largest absolute Gasteiger partial charge is 0.491 e. The molecule has 4 aromatic heterocycles. The third-order valence-electron chi connectivity index (χ3n) is 12.4. The molecule has 0 bridgehead atoms. The fraction of sp³-hybridized carbons (Fsp3) is 0.321. The molecule has 0 aliphatic carbocycles. The van der Waals surface area contributed by atoms with Crippen molar-refractivity contribution < 1.29 is 23.3 Å². The number of benzene rings is 4. The molecule has 0 spiro atoms. The number of halogens is 2. The van der Waals surface area contributed by atoms with Crippen molar-refractivity contribution in [2.24, 2.45) is 0 Å². The molecule has 9 rings (SSSR count). The first-order chi connectivity index (χ1) is 32.7. The van der Waals surface area contributed by atoms with Gasteiger partial charge in [0.1, 0.15) is 18.2 Å². The summed E-state index contributed by atoms with van der Waals surface area (Å²) in [7, 11) is 4.10. The van der Waals surface area contributed by atoms with Crippen molar-refractivity contribution in [3.63, 3.8) is 0 Å². The molecule has 1 aliphatic heterocycles. The van der Waals surface area contributed by atoms with Crippen LogP contribution in [0.25, 0.3) is 55.1 Å². The molecule has 0 unspecified atom stereocenters. The highest BCUT2D eigenvalue weighted by Crippen LogP contribution is 2.39. The third-order valence-corrected chi connectivity index (χ3v) is 12.7. The standard InChI is InChI=1S/C53H55ClFN7O5/c1-4-43(44-15-12-40(55)31-46(44)54)51(37-10-16-47-39(29-37)33-58-59-47)35-7-13-42(14-8-35)66-28-27-64-23-6-22-61-49-34-56-48-17-9-36(38-11-18-50(57-32-38)67-24-5-21-60(2)3)30-45(48)52(49)62(53(61)63)41-19-25-65-26-20-41/h7-18,29-34,41H,4-6,19-28H2,1-3H3,(H,58,59)/b51-43+. The Kier molecular flexibility index (Phi) is 14.4. The van der Waals surface area contributed by atoms with Gasteiger partial charge >= 0.3 is 5.69 Å². The normalized spacial score (nSPS) is 13.8. The van der Waals surface area contributed by atoms with E-state index in [0.717, 1.165) is 97.6 Å². The number of allylic oxidation sites excluding steroid dienone is 1. The van der Waals surface area contributed by atoms with Crippen LogP contribution >= 0.6 is 11.6 Å². The number of nitrogens with one attached hydrogen (secondary N) is 1. The van der Waals surface area contributed by atoms with Gasteiger partial charge in [-0.15, -0.1) is 0 Å². The Bertz CT molecular complexity index is 3070. The predicted octanol–water partition coefficient (Wildman–Crippen LogP) is 10.6. The molecule has 0 atom stereocenters. The first-order valence-corrected chi connectivity index (χ1v) is 23.4. The van der Waals surface area contributed by atoms with Crippen LogP contribution in [-0.4, -0.2) is 94.5 Å². The highest BCUT2D eigenvalue weighted by atomic mass is 35.5. The van der Waals surface area contributed by atoms with E-state index in [9.17, 15) is 9.18 Å². The zero-order valence-corrected chi connectivity index (χ0v) is 38.9. The number of hydrogen-bond donors (Lipinski definition) is 1. The van der Waals surface area contributed by atoms with E-state index in [1.54, 1.807) is 12.3 Å². The predicted molar refractivity (Wildman–Crippen MR) is 264 cm³/mol. The van der Waals surface area contributed by atoms with E-state index in [0.29, 0.717) is 75.7 Å². The molecule has 4 aromatic carbocycles. The maximum atomic E-state index is 14.4. The Morgan fingerprint density at radius 1 is 0.851 bits per heavy atom. The van der Waals surface area contributed by atoms with Crippen LogP contribution in [-0.2, 0) is 16.0 Å². The molecule has 1 aliphatic rings. The van der Waals surface area contributed by atoms with E-state index in [1.165, 1.54) is 12.1 Å². The Labute approximate surface area is 393 Å². The molecule has 346 valence electrons. The highest BCUT2D eigenvalue weighted by Gasteiger charge is 2.25. The van der Waals surface area contributed by atoms with E-state index in [1.807, 2.05) is 90.2 Å². The van der Waals surface area contributed by atoms with Gasteiger partial charge in [0.25, 0.3) is 0 Å². The van der Waals surface area contributed by atoms with Gasteiger partial charge in [-0.05, 0) is 134 Å². The minimum atomic E-state index is -0.378. The van der Waals surface area contributed by atoms with Crippen molar-refractivity contribution in [1.82, 2.24) is 34.2 Å². The summed E-state index contributed by atoms with van der Waals surface area (Å²) in [6.45, 7) is 6.52. The fourth-order valence-corrected chi connectivity index (χ4v) is 9.31. The summed E-state index contributed by atoms with van der Waals surface area (Å²) in [4.78, 5) is 25.9. The van der Waals surface area contributed by atoms with E-state index < -0.39 is 0 Å². The Balaban J connectivity index is 0.865. The first-order valence-electron chi connectivity index (χ1n) is 23.0. The minimum absolute atomic E-state index is 0.0171. The molecule has 12 nitrogen and oxygen atoms in total. The van der Waals surface area contributed by atoms with Gasteiger partial charge < -0.3 is 23.8 Å². The van der Waals surface area contributed by atoms with Crippen LogP contribution in [0.15, 0.2) is 114 Å². The van der Waals surface area contributed by atoms with Crippen molar-refractivity contribution in [3.05, 3.63) is 148 Å². The van der Waals surface area contributed by atoms with Gasteiger partial charge in [-0.2, -0.15) is 5.10 Å². The monoisotopic (exact) mass is 923 g/mol. The average Bonchev–Trinajstić information content (AvgIpc) is 3.94. The van der Waals surface area contributed by atoms with Crippen molar-refractivity contribution in [2.75, 3.05) is 60.3 Å². The van der Waals surface area contributed by atoms with Crippen molar-refractivity contribution in [2.45, 2.75) is 51.6 Å². The molecule has 1 saturated heterocycles. The number of fused-ring (bicyclic) bond motifs is 4. The number of aromatic amines is 1. The molecule has 1 fully saturated rings. The molecule has 1 N–H and O–H groups in total. The number of hydrogen-bond acceptors (Lipinski definition) is 9. The second kappa shape index (κ2) is 21.1. The molecule has 5 heterocycles. The Morgan fingerprint density at radius 3 is 2.45 bits per heavy atom. The van der Waals surface area contributed by atoms with Gasteiger partial charge in [0.2, 0.25) is 5.88 Å². The lowest BCUT2D eigenvalue weighted by atomic mass is 9.87. The highest BCUT2D eigenvalue weighted by molar-refractivity contribution is 6.32. The molecule has 67 heavy (non-hydrogen) atoms. The third kappa shape index (κ3) is 10.3. The lowest BCUT2D eigenvalue weighted by Crippen LogP contribution is -2.31. The number of pyridine rings is 2. The van der Waals surface area contributed by atoms with Crippen LogP contribution in [0.4, 0.5) is 4.39 Å². The van der Waals surface area contributed by atoms with Crippen LogP contribution in [0, 0.1) is 5.82 Å². The van der Waals surface area contributed by atoms with Crippen LogP contribution in [0.2, 0.25) is 5.02 Å². The lowest BCUT2D eigenvalue weighted by molar-refractivity contribution is 0.0695. The molecule has 0 radical (unpaired) electrons. The molecule has 8 aromatic rings. The Hall–Kier alpha value is -6.38. The second-order valence-electron chi connectivity index (χ2n) is 17.1. The van der Waals surface area contributed by atoms with Gasteiger partial charge in [0, 0.05) is 67.6 Å². The van der Waals surface area contributed by atoms with E-state index in [4.69, 9.17) is 35.5 Å². The zero-order valence-electron chi connectivity index (χ0n) is 38.1. The summed E-state index contributed by atoms with van der Waals surface area (Å²) < 4.78 is 41.7. The van der Waals surface area contributed by atoms with Crippen molar-refractivity contribution in [1.29, 1.82) is 0 Å². The molecule has 0 amide bonds. The van der Waals surface area contributed by atoms with Gasteiger partial charge in [-0.1, -0.05) is 48.9 Å². The van der Waals surface area contributed by atoms with Gasteiger partial charge in [-0.25, -0.2) is 14.2 Å². The summed E-state index contributed by atoms with van der Waals surface area (Å²) in [6.07, 6.45) is 9.22. The summed E-state index contributed by atoms with van der Waals surface area (Å²) in [5.41, 5.74) is 10.1. The summed E-state index contributed by atoms with van der Waals surface area (Å²) in [5, 5.41) is 9.50. The van der Waals surface area contributed by atoms with Gasteiger partial charge in [0.05, 0.1) is 52.7 Å². The molecule has 14 heteroatoms. The van der Waals surface area contributed by atoms with Crippen LogP contribution in [0.5, 0.6) is 11.6 Å². The first kappa shape index (κ1) is 45.8. The van der Waals surface area contributed by atoms with Crippen LogP contribution < -0.4 is 15.2 Å². The van der Waals surface area contributed by atoms with Gasteiger partial charge in [-0.3, -0.25) is 19.2 Å². The zero-order chi connectivity index (χ0) is 46.3. The second-order valence-corrected chi connectivity index (χ2v) is 17.5. The van der Waals surface area contributed by atoms with Crippen LogP contribution in [0.3, 0.4) is 0 Å². The molecular weight excluding hydrogens is 869 g/mol. The van der Waals surface area contributed by atoms with E-state index in [-0.39, 0.29) is 17.5 Å². The number of aryl methyl sites for hydroxylation is 1. The SMILES string of the molecule is CC/C(=C(/c1ccc(OCCOCCCn2c(=O)n(C3CCOCC3)c3c4cc(-c5ccc(OCCCN(C)C)nc5)ccc4ncc32)cc1)c1ccc2[nH]ncc2c1)c1ccc(F)cc1Cl. The van der Waals surface area contributed by atoms with Crippen molar-refractivity contribution >= 4 is 55.6 Å². The Morgan fingerprint density at radius 2 is 1.67 bits per heavy atom. The smallest absolute Gasteiger partial charge is 0.329 e. The number of nitrogens with zero attached hydrogens (tertiary/aromatic N) is 6. The summed E-state index contributed by atoms with van der Waals surface area (Å²) in [5.74, 6) is 0.927. The summed E-state index contributed by atoms with van der Waals surface area (Å²) >= 11 is 6.63. The number of imidazole rings is 1. The topological polar surface area (TPSA) is 122 Å². The fourth-order valence-electron chi connectivity index (χ4n) is 9.03. The molecule has 0 saturated carbocycles. The van der Waals surface area contributed by atoms with Crippen LogP contribution in [0.1, 0.15) is 61.8 Å². The van der Waals surface area contributed by atoms with E-state index >= 15 is 0 Å².